The maximum absolute atomic E-state index is 12.2. The standard InChI is InChI=1S/C9H14N4O4S3/c10-8(18)7-5-11-12-9(7)13-20(16,17)6-1-3-19(14,15)4-2-6/h5-6H,1-4H2,(H2,10,18)(H2,11,12,13). The molecule has 11 heteroatoms. The lowest BCUT2D eigenvalue weighted by atomic mass is 10.2. The van der Waals surface area contributed by atoms with E-state index in [9.17, 15) is 16.8 Å². The molecule has 1 aromatic heterocycles. The fourth-order valence-electron chi connectivity index (χ4n) is 1.96. The number of rotatable bonds is 4. The van der Waals surface area contributed by atoms with E-state index in [2.05, 4.69) is 14.9 Å². The summed E-state index contributed by atoms with van der Waals surface area (Å²) in [6.07, 6.45) is 1.48. The van der Waals surface area contributed by atoms with Crippen LogP contribution in [-0.4, -0.2) is 48.8 Å². The molecule has 2 heterocycles. The summed E-state index contributed by atoms with van der Waals surface area (Å²) >= 11 is 4.78. The first-order valence-corrected chi connectivity index (χ1v) is 9.54. The van der Waals surface area contributed by atoms with Gasteiger partial charge in [0.25, 0.3) is 0 Å². The second kappa shape index (κ2) is 5.30. The number of aromatic nitrogens is 2. The predicted octanol–water partition coefficient (Wildman–Crippen LogP) is -0.637. The molecule has 1 fully saturated rings. The van der Waals surface area contributed by atoms with Crippen LogP contribution in [0.5, 0.6) is 0 Å². The molecule has 2 rings (SSSR count). The zero-order valence-electron chi connectivity index (χ0n) is 10.4. The zero-order valence-corrected chi connectivity index (χ0v) is 12.8. The summed E-state index contributed by atoms with van der Waals surface area (Å²) in [5, 5.41) is 5.40. The maximum atomic E-state index is 12.2. The molecule has 112 valence electrons. The van der Waals surface area contributed by atoms with Gasteiger partial charge in [-0.2, -0.15) is 5.10 Å². The smallest absolute Gasteiger partial charge is 0.236 e. The Kier molecular flexibility index (Phi) is 4.02. The summed E-state index contributed by atoms with van der Waals surface area (Å²) in [5.74, 6) is -0.140. The van der Waals surface area contributed by atoms with Crippen LogP contribution in [-0.2, 0) is 19.9 Å². The fourth-order valence-corrected chi connectivity index (χ4v) is 5.36. The molecule has 0 aliphatic carbocycles. The number of aromatic amines is 1. The number of hydrogen-bond acceptors (Lipinski definition) is 6. The molecule has 1 aliphatic rings. The zero-order chi connectivity index (χ0) is 15.0. The van der Waals surface area contributed by atoms with E-state index in [-0.39, 0.29) is 35.2 Å². The number of nitrogens with two attached hydrogens (primary N) is 1. The van der Waals surface area contributed by atoms with Crippen LogP contribution in [0, 0.1) is 0 Å². The van der Waals surface area contributed by atoms with Crippen molar-refractivity contribution in [1.82, 2.24) is 10.2 Å². The minimum absolute atomic E-state index is 0.0164. The summed E-state index contributed by atoms with van der Waals surface area (Å²) in [4.78, 5) is 0.0164. The number of sulfonamides is 1. The topological polar surface area (TPSA) is 135 Å². The minimum Gasteiger partial charge on any atom is -0.389 e. The highest BCUT2D eigenvalue weighted by molar-refractivity contribution is 7.94. The Labute approximate surface area is 122 Å². The van der Waals surface area contributed by atoms with Crippen molar-refractivity contribution in [2.45, 2.75) is 18.1 Å². The van der Waals surface area contributed by atoms with E-state index in [4.69, 9.17) is 18.0 Å². The number of nitrogens with one attached hydrogen (secondary N) is 2. The van der Waals surface area contributed by atoms with Gasteiger partial charge in [-0.25, -0.2) is 16.8 Å². The summed E-state index contributed by atoms with van der Waals surface area (Å²) in [7, 11) is -6.83. The van der Waals surface area contributed by atoms with E-state index in [1.807, 2.05) is 0 Å². The molecule has 0 saturated carbocycles. The van der Waals surface area contributed by atoms with Crippen LogP contribution in [0.15, 0.2) is 6.20 Å². The molecule has 0 atom stereocenters. The van der Waals surface area contributed by atoms with Crippen molar-refractivity contribution in [3.05, 3.63) is 11.8 Å². The molecular weight excluding hydrogens is 324 g/mol. The van der Waals surface area contributed by atoms with Crippen LogP contribution in [0.25, 0.3) is 0 Å². The SMILES string of the molecule is NC(=S)c1cn[nH]c1NS(=O)(=O)C1CCS(=O)(=O)CC1. The van der Waals surface area contributed by atoms with Crippen LogP contribution in [0.1, 0.15) is 18.4 Å². The first-order chi connectivity index (χ1) is 9.21. The summed E-state index contributed by atoms with van der Waals surface area (Å²) in [5.41, 5.74) is 5.75. The van der Waals surface area contributed by atoms with Gasteiger partial charge in [0.1, 0.15) is 20.6 Å². The van der Waals surface area contributed by atoms with Crippen LogP contribution < -0.4 is 10.5 Å². The largest absolute Gasteiger partial charge is 0.389 e. The monoisotopic (exact) mass is 338 g/mol. The molecule has 8 nitrogen and oxygen atoms in total. The molecule has 0 radical (unpaired) electrons. The average Bonchev–Trinajstić information content (AvgIpc) is 2.75. The van der Waals surface area contributed by atoms with Gasteiger partial charge in [0.2, 0.25) is 10.0 Å². The Hall–Kier alpha value is -1.20. The number of thiocarbonyl (C=S) groups is 1. The van der Waals surface area contributed by atoms with Gasteiger partial charge in [0, 0.05) is 0 Å². The van der Waals surface area contributed by atoms with E-state index >= 15 is 0 Å². The Balaban J connectivity index is 2.16. The molecule has 0 unspecified atom stereocenters. The number of H-pyrrole nitrogens is 1. The van der Waals surface area contributed by atoms with E-state index in [1.54, 1.807) is 0 Å². The second-order valence-electron chi connectivity index (χ2n) is 4.52. The molecular formula is C9H14N4O4S3. The van der Waals surface area contributed by atoms with Gasteiger partial charge in [0.15, 0.2) is 0 Å². The van der Waals surface area contributed by atoms with Gasteiger partial charge < -0.3 is 5.73 Å². The van der Waals surface area contributed by atoms with E-state index in [1.165, 1.54) is 6.20 Å². The van der Waals surface area contributed by atoms with Crippen molar-refractivity contribution in [3.63, 3.8) is 0 Å². The summed E-state index contributed by atoms with van der Waals surface area (Å²) in [6, 6.07) is 0. The highest BCUT2D eigenvalue weighted by Crippen LogP contribution is 2.22. The molecule has 1 saturated heterocycles. The number of nitrogens with zero attached hydrogens (tertiary/aromatic N) is 1. The lowest BCUT2D eigenvalue weighted by molar-refractivity contribution is 0.555. The molecule has 0 bridgehead atoms. The molecule has 0 amide bonds. The molecule has 4 N–H and O–H groups in total. The lowest BCUT2D eigenvalue weighted by Gasteiger charge is -2.22. The fraction of sp³-hybridized carbons (Fsp3) is 0.556. The van der Waals surface area contributed by atoms with Crippen LogP contribution >= 0.6 is 12.2 Å². The highest BCUT2D eigenvalue weighted by Gasteiger charge is 2.33. The van der Waals surface area contributed by atoms with Gasteiger partial charge in [0.05, 0.1) is 28.5 Å². The first kappa shape index (κ1) is 15.2. The molecule has 1 aromatic rings. The second-order valence-corrected chi connectivity index (χ2v) is 9.23. The van der Waals surface area contributed by atoms with Crippen molar-refractivity contribution >= 4 is 42.9 Å². The predicted molar refractivity (Wildman–Crippen MR) is 78.7 cm³/mol. The number of sulfone groups is 1. The maximum Gasteiger partial charge on any atom is 0.236 e. The minimum atomic E-state index is -3.71. The van der Waals surface area contributed by atoms with Crippen molar-refractivity contribution in [2.75, 3.05) is 16.2 Å². The third-order valence-corrected chi connectivity index (χ3v) is 6.86. The van der Waals surface area contributed by atoms with Gasteiger partial charge in [-0.05, 0) is 12.8 Å². The number of hydrogen-bond donors (Lipinski definition) is 3. The van der Waals surface area contributed by atoms with Gasteiger partial charge >= 0.3 is 0 Å². The Morgan fingerprint density at radius 1 is 1.45 bits per heavy atom. The lowest BCUT2D eigenvalue weighted by Crippen LogP contribution is -2.36. The summed E-state index contributed by atoms with van der Waals surface area (Å²) < 4.78 is 49.4. The van der Waals surface area contributed by atoms with Gasteiger partial charge in [-0.15, -0.1) is 0 Å². The third kappa shape index (κ3) is 3.27. The van der Waals surface area contributed by atoms with E-state index in [0.717, 1.165) is 0 Å². The van der Waals surface area contributed by atoms with E-state index < -0.39 is 25.1 Å². The van der Waals surface area contributed by atoms with Crippen molar-refractivity contribution in [3.8, 4) is 0 Å². The third-order valence-electron chi connectivity index (χ3n) is 3.09. The highest BCUT2D eigenvalue weighted by atomic mass is 32.2. The average molecular weight is 338 g/mol. The van der Waals surface area contributed by atoms with Gasteiger partial charge in [-0.3, -0.25) is 9.82 Å². The Morgan fingerprint density at radius 2 is 2.05 bits per heavy atom. The first-order valence-electron chi connectivity index (χ1n) is 5.76. The Morgan fingerprint density at radius 3 is 2.60 bits per heavy atom. The molecule has 0 spiro atoms. The van der Waals surface area contributed by atoms with Crippen molar-refractivity contribution < 1.29 is 16.8 Å². The normalized spacial score (nSPS) is 19.6. The molecule has 1 aliphatic heterocycles. The van der Waals surface area contributed by atoms with Crippen molar-refractivity contribution in [2.24, 2.45) is 5.73 Å². The van der Waals surface area contributed by atoms with E-state index in [0.29, 0.717) is 5.56 Å². The molecule has 20 heavy (non-hydrogen) atoms. The van der Waals surface area contributed by atoms with Crippen molar-refractivity contribution in [1.29, 1.82) is 0 Å². The number of anilines is 1. The Bertz CT molecular complexity index is 708. The summed E-state index contributed by atoms with van der Waals surface area (Å²) in [6.45, 7) is 0. The van der Waals surface area contributed by atoms with Gasteiger partial charge in [-0.1, -0.05) is 12.2 Å². The van der Waals surface area contributed by atoms with Crippen LogP contribution in [0.2, 0.25) is 0 Å². The van der Waals surface area contributed by atoms with Crippen LogP contribution in [0.3, 0.4) is 0 Å². The quantitative estimate of drug-likeness (QED) is 0.622. The van der Waals surface area contributed by atoms with Crippen LogP contribution in [0.4, 0.5) is 5.82 Å². The molecule has 0 aromatic carbocycles.